The molecular weight excluding hydrogens is 260 g/mol. The van der Waals surface area contributed by atoms with Crippen LogP contribution in [0.3, 0.4) is 0 Å². The Morgan fingerprint density at radius 3 is 2.10 bits per heavy atom. The van der Waals surface area contributed by atoms with E-state index in [2.05, 4.69) is 68.4 Å². The first-order valence-electron chi connectivity index (χ1n) is 8.68. The van der Waals surface area contributed by atoms with E-state index >= 15 is 0 Å². The largest absolute Gasteiger partial charge is 0.304 e. The van der Waals surface area contributed by atoms with Gasteiger partial charge in [0, 0.05) is 44.3 Å². The van der Waals surface area contributed by atoms with E-state index in [0.29, 0.717) is 12.1 Å². The van der Waals surface area contributed by atoms with Gasteiger partial charge in [-0.2, -0.15) is 0 Å². The van der Waals surface area contributed by atoms with Crippen LogP contribution >= 0.6 is 0 Å². The van der Waals surface area contributed by atoms with E-state index in [-0.39, 0.29) is 0 Å². The number of hydrogen-bond acceptors (Lipinski definition) is 4. The minimum Gasteiger partial charge on any atom is -0.304 e. The second-order valence-electron chi connectivity index (χ2n) is 7.18. The number of nitrogens with zero attached hydrogens (tertiary/aromatic N) is 4. The van der Waals surface area contributed by atoms with Gasteiger partial charge in [-0.1, -0.05) is 6.92 Å². The Morgan fingerprint density at radius 2 is 1.57 bits per heavy atom. The second kappa shape index (κ2) is 9.09. The first-order chi connectivity index (χ1) is 9.85. The molecule has 0 bridgehead atoms. The smallest absolute Gasteiger partial charge is 0.0347 e. The molecule has 4 nitrogen and oxygen atoms in total. The molecule has 1 heterocycles. The highest BCUT2D eigenvalue weighted by atomic mass is 15.3. The summed E-state index contributed by atoms with van der Waals surface area (Å²) in [6.45, 7) is 16.4. The van der Waals surface area contributed by atoms with Crippen LogP contribution in [0.2, 0.25) is 0 Å². The van der Waals surface area contributed by atoms with E-state index in [4.69, 9.17) is 0 Å². The Hall–Kier alpha value is -0.160. The normalized spacial score (nSPS) is 19.0. The van der Waals surface area contributed by atoms with Crippen LogP contribution < -0.4 is 0 Å². The second-order valence-corrected chi connectivity index (χ2v) is 7.18. The Morgan fingerprint density at radius 1 is 0.952 bits per heavy atom. The zero-order chi connectivity index (χ0) is 16.0. The molecule has 1 aliphatic rings. The fourth-order valence-corrected chi connectivity index (χ4v) is 2.67. The third kappa shape index (κ3) is 6.23. The van der Waals surface area contributed by atoms with E-state index in [1.807, 2.05) is 0 Å². The van der Waals surface area contributed by atoms with Gasteiger partial charge < -0.3 is 14.7 Å². The van der Waals surface area contributed by atoms with Crippen LogP contribution in [0.4, 0.5) is 0 Å². The zero-order valence-corrected chi connectivity index (χ0v) is 15.5. The maximum atomic E-state index is 2.54. The van der Waals surface area contributed by atoms with Crippen molar-refractivity contribution in [2.75, 3.05) is 60.4 Å². The Bertz CT molecular complexity index is 276. The standard InChI is InChI=1S/C17H38N4/c1-8-21-13-17(14-21)20(7)12-11-19(6)16(4)9-10-18(5)15(2)3/h15-17H,8-14H2,1-7H3. The fraction of sp³-hybridized carbons (Fsp3) is 1.00. The Kier molecular flexibility index (Phi) is 8.17. The van der Waals surface area contributed by atoms with Gasteiger partial charge in [0.15, 0.2) is 0 Å². The van der Waals surface area contributed by atoms with Gasteiger partial charge >= 0.3 is 0 Å². The molecule has 1 atom stereocenters. The first kappa shape index (κ1) is 18.9. The lowest BCUT2D eigenvalue weighted by molar-refractivity contribution is 0.0467. The van der Waals surface area contributed by atoms with Crippen molar-refractivity contribution in [1.82, 2.24) is 19.6 Å². The van der Waals surface area contributed by atoms with Gasteiger partial charge in [0.1, 0.15) is 0 Å². The summed E-state index contributed by atoms with van der Waals surface area (Å²) in [5.74, 6) is 0. The van der Waals surface area contributed by atoms with Crippen LogP contribution in [0, 0.1) is 0 Å². The zero-order valence-electron chi connectivity index (χ0n) is 15.5. The first-order valence-corrected chi connectivity index (χ1v) is 8.68. The molecule has 0 saturated carbocycles. The molecule has 0 aromatic rings. The summed E-state index contributed by atoms with van der Waals surface area (Å²) in [4.78, 5) is 10.00. The van der Waals surface area contributed by atoms with Crippen LogP contribution in [-0.4, -0.2) is 98.1 Å². The highest BCUT2D eigenvalue weighted by Crippen LogP contribution is 2.13. The Labute approximate surface area is 133 Å². The predicted molar refractivity (Wildman–Crippen MR) is 93.0 cm³/mol. The van der Waals surface area contributed by atoms with E-state index in [0.717, 1.165) is 6.04 Å². The molecule has 0 spiro atoms. The van der Waals surface area contributed by atoms with Crippen molar-refractivity contribution >= 4 is 0 Å². The maximum Gasteiger partial charge on any atom is 0.0347 e. The van der Waals surface area contributed by atoms with E-state index in [1.54, 1.807) is 0 Å². The number of likely N-dealkylation sites (tertiary alicyclic amines) is 1. The third-order valence-electron chi connectivity index (χ3n) is 5.35. The lowest BCUT2D eigenvalue weighted by atomic mass is 10.1. The molecule has 1 unspecified atom stereocenters. The average Bonchev–Trinajstić information content (AvgIpc) is 2.40. The van der Waals surface area contributed by atoms with Crippen molar-refractivity contribution in [2.45, 2.75) is 52.2 Å². The van der Waals surface area contributed by atoms with Crippen LogP contribution in [0.5, 0.6) is 0 Å². The molecular formula is C17H38N4. The molecule has 0 aliphatic carbocycles. The minimum atomic E-state index is 0.647. The molecule has 0 radical (unpaired) electrons. The van der Waals surface area contributed by atoms with Crippen molar-refractivity contribution in [2.24, 2.45) is 0 Å². The van der Waals surface area contributed by atoms with Crippen LogP contribution in [0.15, 0.2) is 0 Å². The summed E-state index contributed by atoms with van der Waals surface area (Å²) < 4.78 is 0. The van der Waals surface area contributed by atoms with E-state index < -0.39 is 0 Å². The van der Waals surface area contributed by atoms with Gasteiger partial charge in [-0.15, -0.1) is 0 Å². The third-order valence-corrected chi connectivity index (χ3v) is 5.35. The average molecular weight is 299 g/mol. The molecule has 0 aromatic carbocycles. The summed E-state index contributed by atoms with van der Waals surface area (Å²) in [6.07, 6.45) is 1.25. The van der Waals surface area contributed by atoms with Crippen molar-refractivity contribution in [1.29, 1.82) is 0 Å². The molecule has 4 heteroatoms. The van der Waals surface area contributed by atoms with E-state index in [9.17, 15) is 0 Å². The monoisotopic (exact) mass is 298 g/mol. The lowest BCUT2D eigenvalue weighted by Crippen LogP contribution is -2.58. The van der Waals surface area contributed by atoms with Crippen LogP contribution in [0.1, 0.15) is 34.1 Å². The van der Waals surface area contributed by atoms with Gasteiger partial charge in [0.25, 0.3) is 0 Å². The maximum absolute atomic E-state index is 2.54. The van der Waals surface area contributed by atoms with E-state index in [1.165, 1.54) is 45.7 Å². The van der Waals surface area contributed by atoms with Crippen LogP contribution in [0.25, 0.3) is 0 Å². The van der Waals surface area contributed by atoms with Crippen molar-refractivity contribution in [3.05, 3.63) is 0 Å². The molecule has 1 saturated heterocycles. The highest BCUT2D eigenvalue weighted by molar-refractivity contribution is 4.86. The van der Waals surface area contributed by atoms with Gasteiger partial charge in [-0.3, -0.25) is 4.90 Å². The summed E-state index contributed by atoms with van der Waals surface area (Å²) in [7, 11) is 6.77. The molecule has 21 heavy (non-hydrogen) atoms. The molecule has 126 valence electrons. The molecule has 1 fully saturated rings. The van der Waals surface area contributed by atoms with Gasteiger partial charge in [-0.25, -0.2) is 0 Å². The summed E-state index contributed by atoms with van der Waals surface area (Å²) in [5.41, 5.74) is 0. The topological polar surface area (TPSA) is 13.0 Å². The van der Waals surface area contributed by atoms with Crippen LogP contribution in [-0.2, 0) is 0 Å². The predicted octanol–water partition coefficient (Wildman–Crippen LogP) is 1.67. The van der Waals surface area contributed by atoms with Crippen molar-refractivity contribution in [3.63, 3.8) is 0 Å². The lowest BCUT2D eigenvalue weighted by Gasteiger charge is -2.44. The Balaban J connectivity index is 2.16. The minimum absolute atomic E-state index is 0.647. The summed E-state index contributed by atoms with van der Waals surface area (Å²) in [5, 5.41) is 0. The number of likely N-dealkylation sites (N-methyl/N-ethyl adjacent to an activating group) is 3. The van der Waals surface area contributed by atoms with Gasteiger partial charge in [0.05, 0.1) is 0 Å². The molecule has 0 N–H and O–H groups in total. The molecule has 0 amide bonds. The van der Waals surface area contributed by atoms with Crippen molar-refractivity contribution < 1.29 is 0 Å². The summed E-state index contributed by atoms with van der Waals surface area (Å²) in [6, 6.07) is 2.09. The SMILES string of the molecule is CCN1CC(N(C)CCN(C)C(C)CCN(C)C(C)C)C1. The van der Waals surface area contributed by atoms with Gasteiger partial charge in [0.2, 0.25) is 0 Å². The molecule has 1 rings (SSSR count). The highest BCUT2D eigenvalue weighted by Gasteiger charge is 2.28. The van der Waals surface area contributed by atoms with Gasteiger partial charge in [-0.05, 0) is 61.4 Å². The molecule has 0 aromatic heterocycles. The quantitative estimate of drug-likeness (QED) is 0.608. The number of rotatable bonds is 10. The fourth-order valence-electron chi connectivity index (χ4n) is 2.67. The molecule has 1 aliphatic heterocycles. The number of hydrogen-bond donors (Lipinski definition) is 0. The van der Waals surface area contributed by atoms with Crippen molar-refractivity contribution in [3.8, 4) is 0 Å². The summed E-state index contributed by atoms with van der Waals surface area (Å²) >= 11 is 0.